The van der Waals surface area contributed by atoms with Crippen LogP contribution < -0.4 is 20.9 Å². The molecular formula is C24H25N5O3. The highest BCUT2D eigenvalue weighted by Crippen LogP contribution is 2.36. The molecular weight excluding hydrogens is 406 g/mol. The number of methoxy groups -OCH3 is 1. The van der Waals surface area contributed by atoms with E-state index < -0.39 is 0 Å². The third-order valence-electron chi connectivity index (χ3n) is 6.02. The van der Waals surface area contributed by atoms with E-state index >= 15 is 0 Å². The van der Waals surface area contributed by atoms with Gasteiger partial charge in [0.2, 0.25) is 5.95 Å². The molecule has 0 unspecified atom stereocenters. The number of aryl methyl sites for hydroxylation is 3. The van der Waals surface area contributed by atoms with Crippen molar-refractivity contribution in [2.24, 2.45) is 7.05 Å². The molecule has 5 rings (SSSR count). The Morgan fingerprint density at radius 2 is 1.88 bits per heavy atom. The normalized spacial score (nSPS) is 13.4. The van der Waals surface area contributed by atoms with Crippen molar-refractivity contribution in [3.05, 3.63) is 80.5 Å². The first-order valence-electron chi connectivity index (χ1n) is 10.7. The van der Waals surface area contributed by atoms with Crippen molar-refractivity contribution in [2.75, 3.05) is 18.6 Å². The summed E-state index contributed by atoms with van der Waals surface area (Å²) < 4.78 is 10.3. The summed E-state index contributed by atoms with van der Waals surface area (Å²) in [6.07, 6.45) is 0.844. The Bertz CT molecular complexity index is 1450. The molecule has 8 nitrogen and oxygen atoms in total. The zero-order chi connectivity index (χ0) is 22.4. The number of ether oxygens (including phenoxy) is 1. The van der Waals surface area contributed by atoms with E-state index in [1.807, 2.05) is 60.0 Å². The number of nitrogens with zero attached hydrogens (tertiary/aromatic N) is 5. The number of imidazole rings is 1. The molecule has 0 radical (unpaired) electrons. The summed E-state index contributed by atoms with van der Waals surface area (Å²) in [6, 6.07) is 15.6. The number of rotatable bonds is 4. The predicted molar refractivity (Wildman–Crippen MR) is 124 cm³/mol. The third-order valence-corrected chi connectivity index (χ3v) is 6.02. The van der Waals surface area contributed by atoms with Gasteiger partial charge in [-0.15, -0.1) is 0 Å². The molecule has 0 saturated heterocycles. The first-order chi connectivity index (χ1) is 15.5. The number of hydrogen-bond acceptors (Lipinski definition) is 5. The average Bonchev–Trinajstić information content (AvgIpc) is 3.20. The van der Waals surface area contributed by atoms with Crippen LogP contribution >= 0.6 is 0 Å². The van der Waals surface area contributed by atoms with Gasteiger partial charge < -0.3 is 14.2 Å². The molecule has 2 aromatic carbocycles. The van der Waals surface area contributed by atoms with Gasteiger partial charge >= 0.3 is 5.69 Å². The number of anilines is 2. The average molecular weight is 431 g/mol. The lowest BCUT2D eigenvalue weighted by molar-refractivity contribution is 0.414. The van der Waals surface area contributed by atoms with E-state index in [1.54, 1.807) is 14.2 Å². The van der Waals surface area contributed by atoms with Crippen LogP contribution in [-0.2, 0) is 20.1 Å². The second-order valence-electron chi connectivity index (χ2n) is 8.13. The van der Waals surface area contributed by atoms with E-state index in [-0.39, 0.29) is 17.8 Å². The molecule has 4 aromatic rings. The summed E-state index contributed by atoms with van der Waals surface area (Å²) in [6.45, 7) is 3.62. The highest BCUT2D eigenvalue weighted by molar-refractivity contribution is 5.78. The smallest absolute Gasteiger partial charge is 0.332 e. The first kappa shape index (κ1) is 20.1. The minimum Gasteiger partial charge on any atom is -0.495 e. The van der Waals surface area contributed by atoms with Crippen molar-refractivity contribution >= 4 is 22.8 Å². The molecule has 8 heteroatoms. The van der Waals surface area contributed by atoms with Crippen LogP contribution in [0.15, 0.2) is 58.1 Å². The molecule has 0 atom stereocenters. The predicted octanol–water partition coefficient (Wildman–Crippen LogP) is 2.80. The van der Waals surface area contributed by atoms with E-state index in [1.165, 1.54) is 9.13 Å². The van der Waals surface area contributed by atoms with Gasteiger partial charge in [-0.25, -0.2) is 4.79 Å². The highest BCUT2D eigenvalue weighted by Gasteiger charge is 2.28. The molecule has 0 bridgehead atoms. The van der Waals surface area contributed by atoms with Crippen LogP contribution in [0.5, 0.6) is 5.75 Å². The summed E-state index contributed by atoms with van der Waals surface area (Å²) >= 11 is 0. The lowest BCUT2D eigenvalue weighted by atomic mass is 10.1. The number of fused-ring (bicyclic) bond motifs is 3. The van der Waals surface area contributed by atoms with E-state index in [9.17, 15) is 9.59 Å². The van der Waals surface area contributed by atoms with Gasteiger partial charge in [0.15, 0.2) is 11.2 Å². The van der Waals surface area contributed by atoms with E-state index in [0.717, 1.165) is 35.5 Å². The van der Waals surface area contributed by atoms with Gasteiger partial charge in [0.05, 0.1) is 19.3 Å². The van der Waals surface area contributed by atoms with Crippen molar-refractivity contribution in [2.45, 2.75) is 26.4 Å². The SMILES string of the molecule is COc1ccccc1N1CCCn2c1nc1c2c(=O)n(Cc2cccc(C)c2)c(=O)n1C. The molecule has 0 aliphatic carbocycles. The lowest BCUT2D eigenvalue weighted by Gasteiger charge is -2.30. The van der Waals surface area contributed by atoms with E-state index in [2.05, 4.69) is 4.90 Å². The van der Waals surface area contributed by atoms with Crippen LogP contribution in [0.1, 0.15) is 17.5 Å². The van der Waals surface area contributed by atoms with Crippen molar-refractivity contribution < 1.29 is 4.74 Å². The van der Waals surface area contributed by atoms with Gasteiger partial charge in [0.25, 0.3) is 5.56 Å². The fourth-order valence-corrected chi connectivity index (χ4v) is 4.48. The molecule has 0 spiro atoms. The van der Waals surface area contributed by atoms with Crippen LogP contribution in [0.2, 0.25) is 0 Å². The highest BCUT2D eigenvalue weighted by atomic mass is 16.5. The maximum absolute atomic E-state index is 13.5. The Morgan fingerprint density at radius 3 is 2.66 bits per heavy atom. The molecule has 0 amide bonds. The quantitative estimate of drug-likeness (QED) is 0.497. The minimum atomic E-state index is -0.372. The van der Waals surface area contributed by atoms with Gasteiger partial charge in [-0.1, -0.05) is 42.0 Å². The zero-order valence-corrected chi connectivity index (χ0v) is 18.4. The summed E-state index contributed by atoms with van der Waals surface area (Å²) in [5.74, 6) is 1.38. The maximum atomic E-state index is 13.5. The van der Waals surface area contributed by atoms with Crippen LogP contribution in [0.3, 0.4) is 0 Å². The molecule has 3 heterocycles. The lowest BCUT2D eigenvalue weighted by Crippen LogP contribution is -2.40. The summed E-state index contributed by atoms with van der Waals surface area (Å²) in [4.78, 5) is 33.4. The van der Waals surface area contributed by atoms with Gasteiger partial charge in [-0.3, -0.25) is 13.9 Å². The van der Waals surface area contributed by atoms with Crippen molar-refractivity contribution in [3.8, 4) is 5.75 Å². The fourth-order valence-electron chi connectivity index (χ4n) is 4.48. The van der Waals surface area contributed by atoms with Gasteiger partial charge in [-0.2, -0.15) is 4.98 Å². The Labute approximate surface area is 184 Å². The molecule has 0 saturated carbocycles. The number of hydrogen-bond donors (Lipinski definition) is 0. The number of benzene rings is 2. The van der Waals surface area contributed by atoms with Crippen LogP contribution in [-0.4, -0.2) is 32.3 Å². The first-order valence-corrected chi connectivity index (χ1v) is 10.7. The molecule has 2 aromatic heterocycles. The Hall–Kier alpha value is -3.81. The second kappa shape index (κ2) is 7.71. The minimum absolute atomic E-state index is 0.222. The van der Waals surface area contributed by atoms with Crippen LogP contribution in [0.25, 0.3) is 11.2 Å². The van der Waals surface area contributed by atoms with Crippen molar-refractivity contribution in [3.63, 3.8) is 0 Å². The van der Waals surface area contributed by atoms with E-state index in [4.69, 9.17) is 9.72 Å². The van der Waals surface area contributed by atoms with Crippen LogP contribution in [0.4, 0.5) is 11.6 Å². The third kappa shape index (κ3) is 3.10. The topological polar surface area (TPSA) is 74.3 Å². The molecule has 0 N–H and O–H groups in total. The summed E-state index contributed by atoms with van der Waals surface area (Å²) in [7, 11) is 3.31. The Balaban J connectivity index is 1.71. The van der Waals surface area contributed by atoms with Gasteiger partial charge in [0, 0.05) is 20.1 Å². The molecule has 1 aliphatic rings. The number of aromatic nitrogens is 4. The summed E-state index contributed by atoms with van der Waals surface area (Å²) in [5.41, 5.74) is 3.05. The molecule has 32 heavy (non-hydrogen) atoms. The van der Waals surface area contributed by atoms with Crippen LogP contribution in [0, 0.1) is 6.92 Å². The van der Waals surface area contributed by atoms with Crippen molar-refractivity contribution in [1.29, 1.82) is 0 Å². The standard InChI is InChI=1S/C24H25N5O3/c1-16-8-6-9-17(14-16)15-29-22(30)20-21(26(2)24(29)31)25-23-27(12-7-13-28(20)23)18-10-4-5-11-19(18)32-3/h4-6,8-11,14H,7,12-13,15H2,1-3H3. The van der Waals surface area contributed by atoms with Gasteiger partial charge in [0.1, 0.15) is 5.75 Å². The monoisotopic (exact) mass is 431 g/mol. The molecule has 164 valence electrons. The molecule has 0 fully saturated rings. The van der Waals surface area contributed by atoms with Gasteiger partial charge in [-0.05, 0) is 31.0 Å². The zero-order valence-electron chi connectivity index (χ0n) is 18.4. The molecule has 1 aliphatic heterocycles. The largest absolute Gasteiger partial charge is 0.495 e. The fraction of sp³-hybridized carbons (Fsp3) is 0.292. The van der Waals surface area contributed by atoms with E-state index in [0.29, 0.717) is 23.7 Å². The number of para-hydroxylation sites is 2. The Morgan fingerprint density at radius 1 is 1.06 bits per heavy atom. The van der Waals surface area contributed by atoms with Crippen molar-refractivity contribution in [1.82, 2.24) is 18.7 Å². The maximum Gasteiger partial charge on any atom is 0.332 e. The second-order valence-corrected chi connectivity index (χ2v) is 8.13. The summed E-state index contributed by atoms with van der Waals surface area (Å²) in [5, 5.41) is 0. The Kier molecular flexibility index (Phi) is 4.84.